The summed E-state index contributed by atoms with van der Waals surface area (Å²) in [7, 11) is 2.65. The molecule has 0 aromatic heterocycles. The highest BCUT2D eigenvalue weighted by Gasteiger charge is 2.04. The molecule has 0 amide bonds. The van der Waals surface area contributed by atoms with E-state index in [9.17, 15) is 4.79 Å². The van der Waals surface area contributed by atoms with Gasteiger partial charge in [-0.1, -0.05) is 6.08 Å². The van der Waals surface area contributed by atoms with Crippen molar-refractivity contribution in [1.29, 1.82) is 0 Å². The van der Waals surface area contributed by atoms with Crippen LogP contribution in [0.5, 0.6) is 0 Å². The summed E-state index contributed by atoms with van der Waals surface area (Å²) in [6.45, 7) is 1.59. The summed E-state index contributed by atoms with van der Waals surface area (Å²) >= 11 is 0. The van der Waals surface area contributed by atoms with Gasteiger partial charge >= 0.3 is 5.97 Å². The number of ether oxygens (including phenoxy) is 2. The Balaban J connectivity index is 3.76. The first-order valence-corrected chi connectivity index (χ1v) is 5.89. The molecule has 0 bridgehead atoms. The van der Waals surface area contributed by atoms with Crippen molar-refractivity contribution >= 4 is 15.5 Å². The van der Waals surface area contributed by atoms with E-state index in [-0.39, 0.29) is 5.91 Å². The molecule has 0 spiro atoms. The standard InChI is InChI=1S/C8H16O4Si/c1-6(7(9)10)4-5-13-8(11-2)12-3/h4,8H,5,13H2,1-3H3,(H,9,10). The lowest BCUT2D eigenvalue weighted by Crippen LogP contribution is -2.20. The van der Waals surface area contributed by atoms with Crippen molar-refractivity contribution in [3.8, 4) is 0 Å². The molecule has 0 heterocycles. The first-order valence-electron chi connectivity index (χ1n) is 4.07. The van der Waals surface area contributed by atoms with E-state index in [1.807, 2.05) is 0 Å². The summed E-state index contributed by atoms with van der Waals surface area (Å²) in [4.78, 5) is 10.4. The Bertz CT molecular complexity index is 187. The molecule has 0 aliphatic heterocycles. The lowest BCUT2D eigenvalue weighted by atomic mass is 10.3. The highest BCUT2D eigenvalue weighted by atomic mass is 28.2. The third-order valence-corrected chi connectivity index (χ3v) is 3.48. The molecule has 0 aliphatic carbocycles. The van der Waals surface area contributed by atoms with Crippen molar-refractivity contribution in [2.24, 2.45) is 0 Å². The molecule has 0 rings (SSSR count). The van der Waals surface area contributed by atoms with Gasteiger partial charge in [0, 0.05) is 19.8 Å². The summed E-state index contributed by atoms with van der Waals surface area (Å²) in [6.07, 6.45) is 1.72. The third kappa shape index (κ3) is 5.56. The summed E-state index contributed by atoms with van der Waals surface area (Å²) in [5.41, 5.74) is 0.387. The van der Waals surface area contributed by atoms with Crippen LogP contribution >= 0.6 is 0 Å². The van der Waals surface area contributed by atoms with E-state index in [1.54, 1.807) is 27.2 Å². The van der Waals surface area contributed by atoms with Crippen molar-refractivity contribution < 1.29 is 19.4 Å². The zero-order chi connectivity index (χ0) is 10.3. The molecule has 1 N–H and O–H groups in total. The normalized spacial score (nSPS) is 13.1. The van der Waals surface area contributed by atoms with E-state index < -0.39 is 15.5 Å². The Morgan fingerprint density at radius 1 is 1.54 bits per heavy atom. The van der Waals surface area contributed by atoms with Crippen LogP contribution in [0.3, 0.4) is 0 Å². The highest BCUT2D eigenvalue weighted by molar-refractivity contribution is 6.37. The molecule has 0 saturated carbocycles. The van der Waals surface area contributed by atoms with E-state index in [4.69, 9.17) is 14.6 Å². The maximum Gasteiger partial charge on any atom is 0.330 e. The molecular weight excluding hydrogens is 188 g/mol. The van der Waals surface area contributed by atoms with Crippen molar-refractivity contribution in [2.45, 2.75) is 18.9 Å². The number of rotatable bonds is 6. The number of aliphatic carboxylic acids is 1. The number of hydrogen-bond donors (Lipinski definition) is 1. The number of carboxylic acid groups (broad SMARTS) is 1. The molecule has 0 saturated heterocycles. The second-order valence-electron chi connectivity index (χ2n) is 2.67. The van der Waals surface area contributed by atoms with Gasteiger partial charge < -0.3 is 14.6 Å². The fourth-order valence-electron chi connectivity index (χ4n) is 0.855. The Morgan fingerprint density at radius 2 is 2.08 bits per heavy atom. The van der Waals surface area contributed by atoms with Gasteiger partial charge in [-0.2, -0.15) is 0 Å². The van der Waals surface area contributed by atoms with Crippen LogP contribution in [0.15, 0.2) is 11.6 Å². The molecule has 4 nitrogen and oxygen atoms in total. The quantitative estimate of drug-likeness (QED) is 0.381. The molecular formula is C8H16O4Si. The van der Waals surface area contributed by atoms with Crippen LogP contribution < -0.4 is 0 Å². The van der Waals surface area contributed by atoms with Crippen LogP contribution in [-0.4, -0.2) is 40.7 Å². The van der Waals surface area contributed by atoms with Crippen molar-refractivity contribution in [3.63, 3.8) is 0 Å². The molecule has 0 unspecified atom stereocenters. The molecule has 0 radical (unpaired) electrons. The monoisotopic (exact) mass is 204 g/mol. The summed E-state index contributed by atoms with van der Waals surface area (Å²) in [5.74, 6) is -0.974. The summed E-state index contributed by atoms with van der Waals surface area (Å²) in [5, 5.41) is 8.55. The average molecular weight is 204 g/mol. The van der Waals surface area contributed by atoms with Gasteiger partial charge in [-0.3, -0.25) is 0 Å². The number of allylic oxidation sites excluding steroid dienone is 1. The van der Waals surface area contributed by atoms with Gasteiger partial charge in [0.1, 0.15) is 5.91 Å². The van der Waals surface area contributed by atoms with Gasteiger partial charge in [0.05, 0.1) is 9.52 Å². The molecule has 0 atom stereocenters. The van der Waals surface area contributed by atoms with E-state index in [0.29, 0.717) is 5.57 Å². The predicted octanol–water partition coefficient (Wildman–Crippen LogP) is 0.181. The Hall–Kier alpha value is -0.653. The highest BCUT2D eigenvalue weighted by Crippen LogP contribution is 1.98. The van der Waals surface area contributed by atoms with Crippen LogP contribution in [0.4, 0.5) is 0 Å². The number of carboxylic acids is 1. The van der Waals surface area contributed by atoms with Crippen LogP contribution in [0.2, 0.25) is 6.04 Å². The van der Waals surface area contributed by atoms with Gasteiger partial charge in [-0.15, -0.1) is 0 Å². The Kier molecular flexibility index (Phi) is 6.48. The third-order valence-electron chi connectivity index (χ3n) is 1.72. The topological polar surface area (TPSA) is 55.8 Å². The van der Waals surface area contributed by atoms with E-state index >= 15 is 0 Å². The fourth-order valence-corrected chi connectivity index (χ4v) is 2.20. The van der Waals surface area contributed by atoms with Crippen LogP contribution in [0.25, 0.3) is 0 Å². The largest absolute Gasteiger partial charge is 0.478 e. The molecule has 0 aromatic rings. The molecule has 5 heteroatoms. The first kappa shape index (κ1) is 12.3. The van der Waals surface area contributed by atoms with Crippen LogP contribution in [0, 0.1) is 0 Å². The number of methoxy groups -OCH3 is 2. The fraction of sp³-hybridized carbons (Fsp3) is 0.625. The molecule has 0 aliphatic rings. The molecule has 0 aromatic carbocycles. The molecule has 13 heavy (non-hydrogen) atoms. The predicted molar refractivity (Wildman–Crippen MR) is 52.5 cm³/mol. The minimum atomic E-state index is -0.861. The van der Waals surface area contributed by atoms with Gasteiger partial charge in [0.2, 0.25) is 0 Å². The maximum atomic E-state index is 10.4. The SMILES string of the molecule is COC(OC)[SiH2]CC=C(C)C(=O)O. The summed E-state index contributed by atoms with van der Waals surface area (Å²) < 4.78 is 10.0. The van der Waals surface area contributed by atoms with Crippen molar-refractivity contribution in [1.82, 2.24) is 0 Å². The van der Waals surface area contributed by atoms with E-state index in [0.717, 1.165) is 6.04 Å². The lowest BCUT2D eigenvalue weighted by molar-refractivity contribution is -0.132. The Morgan fingerprint density at radius 3 is 2.46 bits per heavy atom. The summed E-state index contributed by atoms with van der Waals surface area (Å²) in [6, 6.07) is 0.782. The van der Waals surface area contributed by atoms with E-state index in [2.05, 4.69) is 0 Å². The second-order valence-corrected chi connectivity index (χ2v) is 4.49. The van der Waals surface area contributed by atoms with Crippen LogP contribution in [0.1, 0.15) is 6.92 Å². The maximum absolute atomic E-state index is 10.4. The van der Waals surface area contributed by atoms with Crippen molar-refractivity contribution in [2.75, 3.05) is 14.2 Å². The van der Waals surface area contributed by atoms with Gasteiger partial charge in [0.25, 0.3) is 0 Å². The van der Waals surface area contributed by atoms with E-state index in [1.165, 1.54) is 0 Å². The smallest absolute Gasteiger partial charge is 0.330 e. The first-order chi connectivity index (χ1) is 6.11. The Labute approximate surface area is 80.4 Å². The zero-order valence-electron chi connectivity index (χ0n) is 8.24. The lowest BCUT2D eigenvalue weighted by Gasteiger charge is -2.10. The van der Waals surface area contributed by atoms with Gasteiger partial charge in [0.15, 0.2) is 0 Å². The van der Waals surface area contributed by atoms with Crippen molar-refractivity contribution in [3.05, 3.63) is 11.6 Å². The number of hydrogen-bond acceptors (Lipinski definition) is 3. The number of carbonyl (C=O) groups is 1. The average Bonchev–Trinajstić information content (AvgIpc) is 2.12. The molecule has 76 valence electrons. The second kappa shape index (κ2) is 6.82. The van der Waals surface area contributed by atoms with Crippen LogP contribution in [-0.2, 0) is 14.3 Å². The van der Waals surface area contributed by atoms with Gasteiger partial charge in [-0.25, -0.2) is 4.79 Å². The van der Waals surface area contributed by atoms with Gasteiger partial charge in [-0.05, 0) is 13.0 Å². The molecule has 0 fully saturated rings. The minimum Gasteiger partial charge on any atom is -0.478 e. The zero-order valence-corrected chi connectivity index (χ0v) is 9.66. The minimum absolute atomic E-state index is 0.113.